The van der Waals surface area contributed by atoms with Crippen LogP contribution in [0.1, 0.15) is 18.4 Å². The minimum Gasteiger partial charge on any atom is -0.465 e. The van der Waals surface area contributed by atoms with Gasteiger partial charge in [-0.15, -0.1) is 0 Å². The molecule has 1 amide bonds. The van der Waals surface area contributed by atoms with Crippen LogP contribution in [0.25, 0.3) is 0 Å². The first-order valence-electron chi connectivity index (χ1n) is 6.18. The number of nitrogens with two attached hydrogens (primary N) is 1. The van der Waals surface area contributed by atoms with Crippen LogP contribution in [0.3, 0.4) is 0 Å². The largest absolute Gasteiger partial charge is 0.465 e. The molecule has 0 atom stereocenters. The molecule has 3 N–H and O–H groups in total. The SMILES string of the molecule is Nc1cc(Cl)c(CC2CCN(C(=O)O)CC2)cc1F. The maximum atomic E-state index is 13.4. The van der Waals surface area contributed by atoms with Crippen LogP contribution >= 0.6 is 11.6 Å². The average Bonchev–Trinajstić information content (AvgIpc) is 2.36. The van der Waals surface area contributed by atoms with E-state index in [1.165, 1.54) is 17.0 Å². The molecule has 1 heterocycles. The van der Waals surface area contributed by atoms with E-state index in [0.717, 1.165) is 18.4 Å². The molecule has 0 radical (unpaired) electrons. The van der Waals surface area contributed by atoms with Gasteiger partial charge < -0.3 is 15.7 Å². The Balaban J connectivity index is 1.99. The average molecular weight is 287 g/mol. The molecule has 6 heteroatoms. The molecule has 1 aromatic rings. The summed E-state index contributed by atoms with van der Waals surface area (Å²) in [7, 11) is 0. The number of anilines is 1. The van der Waals surface area contributed by atoms with E-state index in [1.54, 1.807) is 0 Å². The molecule has 0 aromatic heterocycles. The van der Waals surface area contributed by atoms with Crippen molar-refractivity contribution in [2.24, 2.45) is 5.92 Å². The molecule has 0 spiro atoms. The second-order valence-corrected chi connectivity index (χ2v) is 5.29. The number of carbonyl (C=O) groups is 1. The summed E-state index contributed by atoms with van der Waals surface area (Å²) in [4.78, 5) is 12.2. The highest BCUT2D eigenvalue weighted by Gasteiger charge is 2.23. The van der Waals surface area contributed by atoms with Gasteiger partial charge in [0.15, 0.2) is 0 Å². The molecule has 1 saturated heterocycles. The van der Waals surface area contributed by atoms with Crippen LogP contribution in [0.2, 0.25) is 5.02 Å². The van der Waals surface area contributed by atoms with Gasteiger partial charge in [0.1, 0.15) is 5.82 Å². The summed E-state index contributed by atoms with van der Waals surface area (Å²) < 4.78 is 13.4. The van der Waals surface area contributed by atoms with Gasteiger partial charge in [-0.25, -0.2) is 9.18 Å². The summed E-state index contributed by atoms with van der Waals surface area (Å²) in [5.74, 6) is -0.126. The third-order valence-corrected chi connectivity index (χ3v) is 3.91. The third kappa shape index (κ3) is 3.29. The number of nitrogens with zero attached hydrogens (tertiary/aromatic N) is 1. The molecule has 0 aliphatic carbocycles. The summed E-state index contributed by atoms with van der Waals surface area (Å²) >= 11 is 6.05. The predicted octanol–water partition coefficient (Wildman–Crippen LogP) is 2.99. The fourth-order valence-electron chi connectivity index (χ4n) is 2.40. The molecule has 1 aromatic carbocycles. The van der Waals surface area contributed by atoms with Crippen molar-refractivity contribution in [3.05, 3.63) is 28.5 Å². The summed E-state index contributed by atoms with van der Waals surface area (Å²) in [6.07, 6.45) is 1.32. The number of hydrogen-bond donors (Lipinski definition) is 2. The Morgan fingerprint density at radius 3 is 2.68 bits per heavy atom. The van der Waals surface area contributed by atoms with Gasteiger partial charge in [0, 0.05) is 18.1 Å². The van der Waals surface area contributed by atoms with E-state index < -0.39 is 11.9 Å². The van der Waals surface area contributed by atoms with Crippen molar-refractivity contribution < 1.29 is 14.3 Å². The van der Waals surface area contributed by atoms with Gasteiger partial charge in [0.05, 0.1) is 5.69 Å². The van der Waals surface area contributed by atoms with Crippen molar-refractivity contribution in [3.63, 3.8) is 0 Å². The van der Waals surface area contributed by atoms with Crippen molar-refractivity contribution >= 4 is 23.4 Å². The molecule has 2 rings (SSSR count). The van der Waals surface area contributed by atoms with E-state index in [2.05, 4.69) is 0 Å². The first-order chi connectivity index (χ1) is 8.97. The molecule has 1 aliphatic heterocycles. The second-order valence-electron chi connectivity index (χ2n) is 4.88. The number of piperidine rings is 1. The van der Waals surface area contributed by atoms with Crippen LogP contribution in [-0.4, -0.2) is 29.2 Å². The van der Waals surface area contributed by atoms with E-state index in [9.17, 15) is 9.18 Å². The van der Waals surface area contributed by atoms with E-state index in [0.29, 0.717) is 30.5 Å². The highest BCUT2D eigenvalue weighted by atomic mass is 35.5. The third-order valence-electron chi connectivity index (χ3n) is 3.56. The zero-order valence-electron chi connectivity index (χ0n) is 10.4. The number of nitrogen functional groups attached to an aromatic ring is 1. The standard InChI is InChI=1S/C13H16ClFN2O2/c14-10-7-12(16)11(15)6-9(10)5-8-1-3-17(4-2-8)13(18)19/h6-8H,1-5,16H2,(H,18,19). The smallest absolute Gasteiger partial charge is 0.407 e. The molecule has 0 bridgehead atoms. The molecule has 1 aliphatic rings. The van der Waals surface area contributed by atoms with Crippen LogP contribution in [0, 0.1) is 11.7 Å². The fraction of sp³-hybridized carbons (Fsp3) is 0.462. The van der Waals surface area contributed by atoms with E-state index in [-0.39, 0.29) is 5.69 Å². The number of halogens is 2. The Labute approximate surface area is 116 Å². The number of amides is 1. The van der Waals surface area contributed by atoms with Crippen molar-refractivity contribution in [1.82, 2.24) is 4.90 Å². The quantitative estimate of drug-likeness (QED) is 0.821. The van der Waals surface area contributed by atoms with E-state index in [1.807, 2.05) is 0 Å². The summed E-state index contributed by atoms with van der Waals surface area (Å²) in [5.41, 5.74) is 6.23. The maximum absolute atomic E-state index is 13.4. The molecule has 1 fully saturated rings. The van der Waals surface area contributed by atoms with Crippen LogP contribution in [0.4, 0.5) is 14.9 Å². The molecular formula is C13H16ClFN2O2. The normalized spacial score (nSPS) is 16.6. The number of rotatable bonds is 2. The lowest BCUT2D eigenvalue weighted by Crippen LogP contribution is -2.37. The zero-order valence-corrected chi connectivity index (χ0v) is 11.2. The Bertz CT molecular complexity index is 488. The zero-order chi connectivity index (χ0) is 14.0. The monoisotopic (exact) mass is 286 g/mol. The van der Waals surface area contributed by atoms with Gasteiger partial charge in [0.25, 0.3) is 0 Å². The Morgan fingerprint density at radius 1 is 1.47 bits per heavy atom. The van der Waals surface area contributed by atoms with Gasteiger partial charge in [-0.1, -0.05) is 11.6 Å². The van der Waals surface area contributed by atoms with Gasteiger partial charge in [-0.2, -0.15) is 0 Å². The molecule has 4 nitrogen and oxygen atoms in total. The summed E-state index contributed by atoms with van der Waals surface area (Å²) in [5, 5.41) is 9.34. The number of benzene rings is 1. The van der Waals surface area contributed by atoms with Gasteiger partial charge in [-0.3, -0.25) is 0 Å². The van der Waals surface area contributed by atoms with Crippen molar-refractivity contribution in [1.29, 1.82) is 0 Å². The van der Waals surface area contributed by atoms with E-state index in [4.69, 9.17) is 22.4 Å². The first-order valence-corrected chi connectivity index (χ1v) is 6.56. The molecule has 19 heavy (non-hydrogen) atoms. The lowest BCUT2D eigenvalue weighted by atomic mass is 9.90. The Morgan fingerprint density at radius 2 is 2.11 bits per heavy atom. The van der Waals surface area contributed by atoms with E-state index >= 15 is 0 Å². The van der Waals surface area contributed by atoms with Gasteiger partial charge >= 0.3 is 6.09 Å². The Hall–Kier alpha value is -1.49. The summed E-state index contributed by atoms with van der Waals surface area (Å²) in [6.45, 7) is 1.05. The van der Waals surface area contributed by atoms with Crippen LogP contribution < -0.4 is 5.73 Å². The molecule has 0 saturated carbocycles. The van der Waals surface area contributed by atoms with Gasteiger partial charge in [-0.05, 0) is 42.9 Å². The molecule has 104 valence electrons. The topological polar surface area (TPSA) is 66.6 Å². The first kappa shape index (κ1) is 13.9. The van der Waals surface area contributed by atoms with Crippen LogP contribution in [0.15, 0.2) is 12.1 Å². The lowest BCUT2D eigenvalue weighted by molar-refractivity contribution is 0.124. The molecular weight excluding hydrogens is 271 g/mol. The van der Waals surface area contributed by atoms with Crippen molar-refractivity contribution in [2.45, 2.75) is 19.3 Å². The minimum absolute atomic E-state index is 0.0504. The molecule has 0 unspecified atom stereocenters. The number of hydrogen-bond acceptors (Lipinski definition) is 2. The number of carboxylic acid groups (broad SMARTS) is 1. The fourth-order valence-corrected chi connectivity index (χ4v) is 2.65. The van der Waals surface area contributed by atoms with Crippen LogP contribution in [0.5, 0.6) is 0 Å². The maximum Gasteiger partial charge on any atom is 0.407 e. The second kappa shape index (κ2) is 5.65. The minimum atomic E-state index is -0.880. The lowest BCUT2D eigenvalue weighted by Gasteiger charge is -2.30. The highest BCUT2D eigenvalue weighted by Crippen LogP contribution is 2.28. The van der Waals surface area contributed by atoms with Crippen molar-refractivity contribution in [3.8, 4) is 0 Å². The van der Waals surface area contributed by atoms with Crippen LogP contribution in [-0.2, 0) is 6.42 Å². The number of likely N-dealkylation sites (tertiary alicyclic amines) is 1. The summed E-state index contributed by atoms with van der Waals surface area (Å²) in [6, 6.07) is 2.81. The highest BCUT2D eigenvalue weighted by molar-refractivity contribution is 6.31. The van der Waals surface area contributed by atoms with Gasteiger partial charge in [0.2, 0.25) is 0 Å². The predicted molar refractivity (Wildman–Crippen MR) is 71.8 cm³/mol. The Kier molecular flexibility index (Phi) is 4.14. The van der Waals surface area contributed by atoms with Crippen molar-refractivity contribution in [2.75, 3.05) is 18.8 Å².